The van der Waals surface area contributed by atoms with Crippen molar-refractivity contribution in [3.05, 3.63) is 0 Å². The van der Waals surface area contributed by atoms with Gasteiger partial charge in [-0.2, -0.15) is 0 Å². The SMILES string of the molecule is [Cl][Ge]([Cl])([Cl])[CH]1CCCC1. The number of hydrogen-bond acceptors (Lipinski definition) is 0. The fourth-order valence-corrected chi connectivity index (χ4v) is 6.88. The van der Waals surface area contributed by atoms with Crippen molar-refractivity contribution in [2.24, 2.45) is 0 Å². The molecule has 0 nitrogen and oxygen atoms in total. The van der Waals surface area contributed by atoms with Gasteiger partial charge in [-0.3, -0.25) is 0 Å². The molecule has 54 valence electrons. The second-order valence-corrected chi connectivity index (χ2v) is 18.8. The zero-order valence-electron chi connectivity index (χ0n) is 5.04. The first-order valence-electron chi connectivity index (χ1n) is 3.17. The zero-order valence-corrected chi connectivity index (χ0v) is 9.41. The van der Waals surface area contributed by atoms with Crippen LogP contribution in [0.4, 0.5) is 0 Å². The molecule has 0 heterocycles. The van der Waals surface area contributed by atoms with Gasteiger partial charge in [0.1, 0.15) is 0 Å². The molecule has 0 radical (unpaired) electrons. The summed E-state index contributed by atoms with van der Waals surface area (Å²) in [6.07, 6.45) is 4.86. The summed E-state index contributed by atoms with van der Waals surface area (Å²) in [6, 6.07) is 0. The summed E-state index contributed by atoms with van der Waals surface area (Å²) >= 11 is 0. The van der Waals surface area contributed by atoms with Crippen LogP contribution in [0, 0.1) is 0 Å². The Morgan fingerprint density at radius 2 is 1.44 bits per heavy atom. The van der Waals surface area contributed by atoms with Crippen molar-refractivity contribution in [1.82, 2.24) is 0 Å². The first-order chi connectivity index (χ1) is 4.11. The predicted molar refractivity (Wildman–Crippen MR) is 45.5 cm³/mol. The van der Waals surface area contributed by atoms with Crippen molar-refractivity contribution in [2.75, 3.05) is 0 Å². The van der Waals surface area contributed by atoms with Gasteiger partial charge in [0, 0.05) is 0 Å². The van der Waals surface area contributed by atoms with Crippen LogP contribution in [0.25, 0.3) is 0 Å². The zero-order chi connectivity index (χ0) is 6.91. The minimum absolute atomic E-state index is 0.495. The number of halogens is 3. The molecule has 0 amide bonds. The third-order valence-corrected chi connectivity index (χ3v) is 9.78. The van der Waals surface area contributed by atoms with E-state index in [4.69, 9.17) is 30.0 Å². The summed E-state index contributed by atoms with van der Waals surface area (Å²) in [6.45, 7) is 0. The molecule has 1 aliphatic rings. The van der Waals surface area contributed by atoms with Crippen molar-refractivity contribution < 1.29 is 0 Å². The number of rotatable bonds is 1. The van der Waals surface area contributed by atoms with Gasteiger partial charge in [0.15, 0.2) is 0 Å². The molecule has 0 aromatic rings. The van der Waals surface area contributed by atoms with E-state index in [1.54, 1.807) is 0 Å². The first-order valence-corrected chi connectivity index (χ1v) is 12.7. The quantitative estimate of drug-likeness (QED) is 0.622. The summed E-state index contributed by atoms with van der Waals surface area (Å²) in [5, 5.41) is 0. The molecular weight excluding hydrogens is 239 g/mol. The third-order valence-electron chi connectivity index (χ3n) is 1.82. The summed E-state index contributed by atoms with van der Waals surface area (Å²) in [5.41, 5.74) is 0. The maximum absolute atomic E-state index is 5.86. The maximum atomic E-state index is 5.86. The van der Waals surface area contributed by atoms with Gasteiger partial charge in [-0.25, -0.2) is 0 Å². The molecule has 1 saturated carbocycles. The van der Waals surface area contributed by atoms with Gasteiger partial charge < -0.3 is 0 Å². The molecule has 0 aromatic heterocycles. The van der Waals surface area contributed by atoms with Crippen LogP contribution in [0.3, 0.4) is 0 Å². The van der Waals surface area contributed by atoms with Crippen LogP contribution in [0.1, 0.15) is 25.7 Å². The van der Waals surface area contributed by atoms with Crippen LogP contribution in [0.15, 0.2) is 0 Å². The van der Waals surface area contributed by atoms with E-state index in [1.165, 1.54) is 12.8 Å². The van der Waals surface area contributed by atoms with Crippen LogP contribution >= 0.6 is 30.0 Å². The topological polar surface area (TPSA) is 0 Å². The molecule has 9 heavy (non-hydrogen) atoms. The molecule has 0 bridgehead atoms. The van der Waals surface area contributed by atoms with Gasteiger partial charge >= 0.3 is 70.9 Å². The van der Waals surface area contributed by atoms with Gasteiger partial charge in [0.2, 0.25) is 0 Å². The van der Waals surface area contributed by atoms with Gasteiger partial charge in [0.05, 0.1) is 0 Å². The molecule has 0 spiro atoms. The fraction of sp³-hybridized carbons (Fsp3) is 1.00. The molecule has 0 atom stereocenters. The van der Waals surface area contributed by atoms with Gasteiger partial charge in [-0.05, 0) is 0 Å². The second kappa shape index (κ2) is 3.21. The molecule has 0 saturated heterocycles. The Morgan fingerprint density at radius 1 is 1.00 bits per heavy atom. The molecule has 0 N–H and O–H groups in total. The Morgan fingerprint density at radius 3 is 1.67 bits per heavy atom. The Labute approximate surface area is 70.8 Å². The van der Waals surface area contributed by atoms with E-state index in [1.807, 2.05) is 0 Å². The Bertz CT molecular complexity index is 92.9. The van der Waals surface area contributed by atoms with Gasteiger partial charge in [-0.15, -0.1) is 0 Å². The monoisotopic (exact) mass is 248 g/mol. The average Bonchev–Trinajstić information content (AvgIpc) is 2.08. The Kier molecular flexibility index (Phi) is 3.03. The van der Waals surface area contributed by atoms with Crippen molar-refractivity contribution in [3.63, 3.8) is 0 Å². The van der Waals surface area contributed by atoms with Crippen molar-refractivity contribution in [1.29, 1.82) is 0 Å². The summed E-state index contributed by atoms with van der Waals surface area (Å²) in [4.78, 5) is 0. The van der Waals surface area contributed by atoms with Crippen LogP contribution < -0.4 is 0 Å². The fourth-order valence-electron chi connectivity index (χ4n) is 1.25. The molecule has 4 heteroatoms. The van der Waals surface area contributed by atoms with Crippen molar-refractivity contribution in [2.45, 2.75) is 30.4 Å². The van der Waals surface area contributed by atoms with Crippen LogP contribution in [-0.4, -0.2) is 10.5 Å². The Hall–Kier alpha value is 1.41. The van der Waals surface area contributed by atoms with Gasteiger partial charge in [-0.1, -0.05) is 0 Å². The molecule has 1 aliphatic carbocycles. The summed E-state index contributed by atoms with van der Waals surface area (Å²) < 4.78 is 0.495. The molecule has 0 unspecified atom stereocenters. The van der Waals surface area contributed by atoms with Crippen molar-refractivity contribution >= 4 is 40.5 Å². The summed E-state index contributed by atoms with van der Waals surface area (Å²) in [7, 11) is 14.8. The first kappa shape index (κ1) is 8.51. The minimum atomic E-state index is -2.76. The van der Waals surface area contributed by atoms with E-state index in [9.17, 15) is 0 Å². The molecular formula is C5H9Cl3Ge. The Balaban J connectivity index is 2.42. The normalized spacial score (nSPS) is 23.0. The molecule has 1 fully saturated rings. The molecule has 0 aromatic carbocycles. The summed E-state index contributed by atoms with van der Waals surface area (Å²) in [5.74, 6) is 0. The average molecular weight is 248 g/mol. The molecule has 0 aliphatic heterocycles. The van der Waals surface area contributed by atoms with E-state index in [-0.39, 0.29) is 0 Å². The number of hydrogen-bond donors (Lipinski definition) is 0. The van der Waals surface area contributed by atoms with Crippen LogP contribution in [0.2, 0.25) is 4.75 Å². The van der Waals surface area contributed by atoms with Crippen LogP contribution in [-0.2, 0) is 0 Å². The standard InChI is InChI=1S/C5H9Cl3Ge/c6-9(7,8)5-3-1-2-4-5/h5H,1-4H2. The van der Waals surface area contributed by atoms with Crippen LogP contribution in [0.5, 0.6) is 0 Å². The molecule has 1 rings (SSSR count). The second-order valence-electron chi connectivity index (χ2n) is 2.52. The van der Waals surface area contributed by atoms with E-state index in [0.29, 0.717) is 4.75 Å². The predicted octanol–water partition coefficient (Wildman–Crippen LogP) is 3.59. The van der Waals surface area contributed by atoms with E-state index >= 15 is 0 Å². The third kappa shape index (κ3) is 2.49. The van der Waals surface area contributed by atoms with Gasteiger partial charge in [0.25, 0.3) is 0 Å². The van der Waals surface area contributed by atoms with E-state index in [0.717, 1.165) is 12.8 Å². The van der Waals surface area contributed by atoms with Crippen molar-refractivity contribution in [3.8, 4) is 0 Å². The van der Waals surface area contributed by atoms with E-state index in [2.05, 4.69) is 0 Å². The van der Waals surface area contributed by atoms with E-state index < -0.39 is 10.5 Å².